The smallest absolute Gasteiger partial charge is 0.219 e. The molecule has 0 saturated heterocycles. The van der Waals surface area contributed by atoms with Crippen LogP contribution in [0.5, 0.6) is 0 Å². The van der Waals surface area contributed by atoms with Gasteiger partial charge in [-0.15, -0.1) is 0 Å². The molecule has 0 radical (unpaired) electrons. The Morgan fingerprint density at radius 2 is 1.00 bits per heavy atom. The van der Waals surface area contributed by atoms with Crippen LogP contribution in [-0.2, 0) is 4.79 Å². The number of carbonyl (C=O) groups excluding carboxylic acids is 1. The van der Waals surface area contributed by atoms with Gasteiger partial charge in [-0.05, 0) is 12.8 Å². The fraction of sp³-hybridized carbons (Fsp3) is 0.950. The molecule has 22 heavy (non-hydrogen) atoms. The van der Waals surface area contributed by atoms with Crippen molar-refractivity contribution in [3.05, 3.63) is 0 Å². The quantitative estimate of drug-likeness (QED) is 0.310. The van der Waals surface area contributed by atoms with Crippen molar-refractivity contribution in [1.29, 1.82) is 0 Å². The first-order chi connectivity index (χ1) is 10.8. The molecule has 0 fully saturated rings. The Hall–Kier alpha value is -0.530. The lowest BCUT2D eigenvalue weighted by molar-refractivity contribution is -0.121. The van der Waals surface area contributed by atoms with E-state index in [1.54, 1.807) is 0 Å². The highest BCUT2D eigenvalue weighted by molar-refractivity contribution is 5.75. The molecule has 1 amide bonds. The van der Waals surface area contributed by atoms with E-state index >= 15 is 0 Å². The number of hydrogen-bond donors (Lipinski definition) is 1. The summed E-state index contributed by atoms with van der Waals surface area (Å²) >= 11 is 0. The highest BCUT2D eigenvalue weighted by atomic mass is 16.1. The normalized spacial score (nSPS) is 10.8. The molecule has 0 aliphatic carbocycles. The summed E-state index contributed by atoms with van der Waals surface area (Å²) in [5.74, 6) is 0.237. The van der Waals surface area contributed by atoms with E-state index in [4.69, 9.17) is 0 Å². The van der Waals surface area contributed by atoms with Crippen molar-refractivity contribution in [3.63, 3.8) is 0 Å². The zero-order chi connectivity index (χ0) is 16.3. The summed E-state index contributed by atoms with van der Waals surface area (Å²) in [6, 6.07) is 0. The maximum atomic E-state index is 11.4. The summed E-state index contributed by atoms with van der Waals surface area (Å²) in [6.45, 7) is 5.28. The zero-order valence-corrected chi connectivity index (χ0v) is 15.4. The third-order valence-electron chi connectivity index (χ3n) is 4.36. The van der Waals surface area contributed by atoms with Gasteiger partial charge < -0.3 is 5.32 Å². The molecule has 0 aromatic carbocycles. The third kappa shape index (κ3) is 17.5. The molecule has 0 saturated carbocycles. The Kier molecular flexibility index (Phi) is 18.1. The van der Waals surface area contributed by atoms with Gasteiger partial charge in [-0.1, -0.05) is 97.3 Å². The van der Waals surface area contributed by atoms with Crippen LogP contribution in [0.25, 0.3) is 0 Å². The van der Waals surface area contributed by atoms with E-state index in [-0.39, 0.29) is 5.91 Å². The average molecular weight is 312 g/mol. The van der Waals surface area contributed by atoms with Gasteiger partial charge in [-0.3, -0.25) is 4.79 Å². The van der Waals surface area contributed by atoms with Crippen molar-refractivity contribution in [2.24, 2.45) is 0 Å². The van der Waals surface area contributed by atoms with Gasteiger partial charge in [0, 0.05) is 13.0 Å². The number of hydrogen-bond acceptors (Lipinski definition) is 1. The fourth-order valence-electron chi connectivity index (χ4n) is 2.80. The van der Waals surface area contributed by atoms with Crippen molar-refractivity contribution >= 4 is 5.91 Å². The number of nitrogens with one attached hydrogen (secondary N) is 1. The molecule has 2 nitrogen and oxygen atoms in total. The van der Waals surface area contributed by atoms with E-state index < -0.39 is 0 Å². The van der Waals surface area contributed by atoms with Gasteiger partial charge in [0.2, 0.25) is 5.91 Å². The van der Waals surface area contributed by atoms with Gasteiger partial charge in [0.25, 0.3) is 0 Å². The van der Waals surface area contributed by atoms with Crippen LogP contribution in [0.4, 0.5) is 0 Å². The molecule has 0 spiro atoms. The lowest BCUT2D eigenvalue weighted by atomic mass is 10.0. The van der Waals surface area contributed by atoms with Crippen LogP contribution in [0, 0.1) is 0 Å². The molecule has 0 rings (SSSR count). The molecule has 0 aliphatic rings. The second-order valence-electron chi connectivity index (χ2n) is 6.70. The van der Waals surface area contributed by atoms with Crippen LogP contribution in [0.2, 0.25) is 0 Å². The molecule has 0 aromatic rings. The minimum absolute atomic E-state index is 0.237. The van der Waals surface area contributed by atoms with Crippen molar-refractivity contribution in [2.45, 2.75) is 117 Å². The van der Waals surface area contributed by atoms with Gasteiger partial charge in [-0.2, -0.15) is 0 Å². The molecule has 0 atom stereocenters. The maximum absolute atomic E-state index is 11.4. The van der Waals surface area contributed by atoms with Gasteiger partial charge >= 0.3 is 0 Å². The molecule has 1 N–H and O–H groups in total. The summed E-state index contributed by atoms with van der Waals surface area (Å²) in [6.07, 6.45) is 20.7. The summed E-state index contributed by atoms with van der Waals surface area (Å²) in [7, 11) is 0. The van der Waals surface area contributed by atoms with Gasteiger partial charge in [0.1, 0.15) is 0 Å². The van der Waals surface area contributed by atoms with E-state index in [1.165, 1.54) is 77.0 Å². The Morgan fingerprint density at radius 3 is 1.45 bits per heavy atom. The predicted molar refractivity (Wildman–Crippen MR) is 98.2 cm³/mol. The Labute approximate surface area is 139 Å². The molecule has 0 heterocycles. The standard InChI is InChI=1S/C20H41NO/c1-3-5-7-8-9-10-11-12-13-14-15-16-17-19-21-20(22)18-6-4-2/h3-19H2,1-2H3,(H,21,22). The minimum Gasteiger partial charge on any atom is -0.356 e. The number of amides is 1. The van der Waals surface area contributed by atoms with Crippen LogP contribution in [0.15, 0.2) is 0 Å². The number of unbranched alkanes of at least 4 members (excludes halogenated alkanes) is 13. The van der Waals surface area contributed by atoms with E-state index in [9.17, 15) is 4.79 Å². The van der Waals surface area contributed by atoms with Crippen molar-refractivity contribution in [2.75, 3.05) is 6.54 Å². The molecule has 132 valence electrons. The first kappa shape index (κ1) is 21.5. The maximum Gasteiger partial charge on any atom is 0.219 e. The molecule has 0 aromatic heterocycles. The fourth-order valence-corrected chi connectivity index (χ4v) is 2.80. The van der Waals surface area contributed by atoms with Crippen LogP contribution >= 0.6 is 0 Å². The average Bonchev–Trinajstić information content (AvgIpc) is 2.53. The first-order valence-electron chi connectivity index (χ1n) is 10.1. The molecule has 0 aliphatic heterocycles. The largest absolute Gasteiger partial charge is 0.356 e. The second kappa shape index (κ2) is 18.5. The Bertz CT molecular complexity index is 228. The van der Waals surface area contributed by atoms with Crippen LogP contribution in [0.1, 0.15) is 117 Å². The number of carbonyl (C=O) groups is 1. The molecule has 0 unspecified atom stereocenters. The SMILES string of the molecule is CCCCCCCCCCCCCCCNC(=O)CCCC. The zero-order valence-electron chi connectivity index (χ0n) is 15.4. The molecule has 2 heteroatoms. The van der Waals surface area contributed by atoms with Crippen molar-refractivity contribution in [3.8, 4) is 0 Å². The molecular weight excluding hydrogens is 270 g/mol. The van der Waals surface area contributed by atoms with E-state index in [0.29, 0.717) is 6.42 Å². The van der Waals surface area contributed by atoms with Gasteiger partial charge in [0.15, 0.2) is 0 Å². The molecular formula is C20H41NO. The molecule has 0 bridgehead atoms. The first-order valence-corrected chi connectivity index (χ1v) is 10.1. The predicted octanol–water partition coefficient (Wildman–Crippen LogP) is 6.38. The summed E-state index contributed by atoms with van der Waals surface area (Å²) in [5.41, 5.74) is 0. The van der Waals surface area contributed by atoms with Crippen LogP contribution in [0.3, 0.4) is 0 Å². The summed E-state index contributed by atoms with van der Waals surface area (Å²) < 4.78 is 0. The van der Waals surface area contributed by atoms with E-state index in [2.05, 4.69) is 19.2 Å². The van der Waals surface area contributed by atoms with Gasteiger partial charge in [0.05, 0.1) is 0 Å². The lowest BCUT2D eigenvalue weighted by Crippen LogP contribution is -2.23. The van der Waals surface area contributed by atoms with E-state index in [1.807, 2.05) is 0 Å². The minimum atomic E-state index is 0.237. The monoisotopic (exact) mass is 311 g/mol. The van der Waals surface area contributed by atoms with E-state index in [0.717, 1.165) is 25.8 Å². The Balaban J connectivity index is 3.04. The van der Waals surface area contributed by atoms with Crippen LogP contribution in [-0.4, -0.2) is 12.5 Å². The summed E-state index contributed by atoms with van der Waals surface area (Å²) in [5, 5.41) is 3.02. The third-order valence-corrected chi connectivity index (χ3v) is 4.36. The highest BCUT2D eigenvalue weighted by Crippen LogP contribution is 2.12. The van der Waals surface area contributed by atoms with Crippen molar-refractivity contribution in [1.82, 2.24) is 5.32 Å². The number of rotatable bonds is 17. The summed E-state index contributed by atoms with van der Waals surface area (Å²) in [4.78, 5) is 11.4. The van der Waals surface area contributed by atoms with Crippen molar-refractivity contribution < 1.29 is 4.79 Å². The lowest BCUT2D eigenvalue weighted by Gasteiger charge is -2.05. The van der Waals surface area contributed by atoms with Crippen LogP contribution < -0.4 is 5.32 Å². The Morgan fingerprint density at radius 1 is 0.591 bits per heavy atom. The topological polar surface area (TPSA) is 29.1 Å². The van der Waals surface area contributed by atoms with Gasteiger partial charge in [-0.25, -0.2) is 0 Å². The highest BCUT2D eigenvalue weighted by Gasteiger charge is 1.98. The second-order valence-corrected chi connectivity index (χ2v) is 6.70.